The van der Waals surface area contributed by atoms with Crippen molar-refractivity contribution in [2.24, 2.45) is 0 Å². The van der Waals surface area contributed by atoms with Gasteiger partial charge in [0.1, 0.15) is 18.2 Å². The summed E-state index contributed by atoms with van der Waals surface area (Å²) in [5.41, 5.74) is 2.07. The third kappa shape index (κ3) is 3.70. The number of aliphatic hydroxyl groups excluding tert-OH is 1. The molecule has 5 heteroatoms. The van der Waals surface area contributed by atoms with Crippen molar-refractivity contribution >= 4 is 0 Å². The van der Waals surface area contributed by atoms with E-state index in [1.807, 2.05) is 24.3 Å². The van der Waals surface area contributed by atoms with Crippen molar-refractivity contribution in [2.45, 2.75) is 33.3 Å². The molecule has 2 aromatic rings. The van der Waals surface area contributed by atoms with Crippen LogP contribution >= 0.6 is 0 Å². The number of aromatic amines is 1. The number of nitrogens with one attached hydrogen (secondary N) is 1. The molecule has 0 aliphatic carbocycles. The van der Waals surface area contributed by atoms with Gasteiger partial charge in [0.15, 0.2) is 0 Å². The average Bonchev–Trinajstić information content (AvgIpc) is 2.49. The van der Waals surface area contributed by atoms with Crippen LogP contribution in [0.1, 0.15) is 29.6 Å². The van der Waals surface area contributed by atoms with E-state index in [1.165, 1.54) is 0 Å². The van der Waals surface area contributed by atoms with Crippen LogP contribution < -0.4 is 10.3 Å². The molecule has 21 heavy (non-hydrogen) atoms. The van der Waals surface area contributed by atoms with Gasteiger partial charge < -0.3 is 14.8 Å². The third-order valence-electron chi connectivity index (χ3n) is 3.35. The molecule has 0 radical (unpaired) electrons. The van der Waals surface area contributed by atoms with Crippen LogP contribution in [0.25, 0.3) is 0 Å². The van der Waals surface area contributed by atoms with Crippen molar-refractivity contribution < 1.29 is 9.84 Å². The molecule has 0 aliphatic heterocycles. The molecule has 0 bridgehead atoms. The van der Waals surface area contributed by atoms with E-state index in [1.54, 1.807) is 6.92 Å². The fraction of sp³-hybridized carbons (Fsp3) is 0.375. The Kier molecular flexibility index (Phi) is 5.11. The van der Waals surface area contributed by atoms with Gasteiger partial charge in [0.2, 0.25) is 0 Å². The van der Waals surface area contributed by atoms with Gasteiger partial charge in [-0.3, -0.25) is 4.79 Å². The summed E-state index contributed by atoms with van der Waals surface area (Å²) < 4.78 is 5.74. The largest absolute Gasteiger partial charge is 0.485 e. The van der Waals surface area contributed by atoms with Gasteiger partial charge in [-0.1, -0.05) is 25.1 Å². The monoisotopic (exact) mass is 288 g/mol. The van der Waals surface area contributed by atoms with Crippen LogP contribution in [0.3, 0.4) is 0 Å². The van der Waals surface area contributed by atoms with Crippen molar-refractivity contribution in [1.29, 1.82) is 0 Å². The average molecular weight is 288 g/mol. The lowest BCUT2D eigenvalue weighted by atomic mass is 10.1. The fourth-order valence-electron chi connectivity index (χ4n) is 2.23. The number of hydrogen-bond acceptors (Lipinski definition) is 4. The molecule has 1 aromatic carbocycles. The lowest BCUT2D eigenvalue weighted by molar-refractivity contribution is 0.290. The maximum atomic E-state index is 11.9. The van der Waals surface area contributed by atoms with Crippen LogP contribution in [-0.4, -0.2) is 21.7 Å². The highest BCUT2D eigenvalue weighted by molar-refractivity contribution is 5.33. The van der Waals surface area contributed by atoms with Gasteiger partial charge in [-0.25, -0.2) is 4.98 Å². The molecule has 1 aromatic heterocycles. The minimum Gasteiger partial charge on any atom is -0.485 e. The Labute approximate surface area is 123 Å². The summed E-state index contributed by atoms with van der Waals surface area (Å²) in [5, 5.41) is 8.94. The Morgan fingerprint density at radius 2 is 2.10 bits per heavy atom. The van der Waals surface area contributed by atoms with Gasteiger partial charge in [-0.2, -0.15) is 0 Å². The van der Waals surface area contributed by atoms with Crippen molar-refractivity contribution in [3.05, 3.63) is 57.3 Å². The summed E-state index contributed by atoms with van der Waals surface area (Å²) >= 11 is 0. The van der Waals surface area contributed by atoms with E-state index < -0.39 is 0 Å². The Hall–Kier alpha value is -2.14. The van der Waals surface area contributed by atoms with Crippen molar-refractivity contribution in [2.75, 3.05) is 6.61 Å². The molecule has 1 heterocycles. The summed E-state index contributed by atoms with van der Waals surface area (Å²) in [6, 6.07) is 7.81. The lowest BCUT2D eigenvalue weighted by Gasteiger charge is -2.11. The van der Waals surface area contributed by atoms with Gasteiger partial charge in [-0.15, -0.1) is 0 Å². The Balaban J connectivity index is 2.15. The quantitative estimate of drug-likeness (QED) is 0.849. The van der Waals surface area contributed by atoms with Gasteiger partial charge in [0.05, 0.1) is 0 Å². The second-order valence-corrected chi connectivity index (χ2v) is 4.80. The molecular weight excluding hydrogens is 268 g/mol. The predicted octanol–water partition coefficient (Wildman–Crippen LogP) is 1.75. The second kappa shape index (κ2) is 7.04. The molecule has 2 rings (SSSR count). The van der Waals surface area contributed by atoms with E-state index >= 15 is 0 Å². The van der Waals surface area contributed by atoms with Gasteiger partial charge in [0.25, 0.3) is 5.56 Å². The number of benzene rings is 1. The molecule has 0 unspecified atom stereocenters. The Bertz CT molecular complexity index is 665. The zero-order valence-electron chi connectivity index (χ0n) is 12.3. The van der Waals surface area contributed by atoms with E-state index in [4.69, 9.17) is 9.84 Å². The topological polar surface area (TPSA) is 75.2 Å². The molecular formula is C16H20N2O3. The molecule has 0 fully saturated rings. The summed E-state index contributed by atoms with van der Waals surface area (Å²) in [7, 11) is 0. The molecule has 112 valence electrons. The van der Waals surface area contributed by atoms with Gasteiger partial charge >= 0.3 is 0 Å². The number of aryl methyl sites for hydroxylation is 2. The van der Waals surface area contributed by atoms with E-state index in [9.17, 15) is 4.79 Å². The smallest absolute Gasteiger partial charge is 0.254 e. The minimum atomic E-state index is -0.209. The van der Waals surface area contributed by atoms with E-state index in [2.05, 4.69) is 16.9 Å². The number of H-pyrrole nitrogens is 1. The molecule has 0 aliphatic rings. The van der Waals surface area contributed by atoms with Crippen LogP contribution in [0.15, 0.2) is 29.1 Å². The first-order valence-corrected chi connectivity index (χ1v) is 7.06. The zero-order chi connectivity index (χ0) is 15.2. The first-order valence-electron chi connectivity index (χ1n) is 7.06. The zero-order valence-corrected chi connectivity index (χ0v) is 12.3. The molecule has 2 N–H and O–H groups in total. The summed E-state index contributed by atoms with van der Waals surface area (Å²) in [4.78, 5) is 19.0. The number of rotatable bonds is 6. The standard InChI is InChI=1S/C16H20N2O3/c1-3-12-6-4-5-7-14(12)21-10-15-17-11(2)13(8-9-19)16(20)18-15/h4-7,19H,3,8-10H2,1-2H3,(H,17,18,20). The maximum Gasteiger partial charge on any atom is 0.254 e. The normalized spacial score (nSPS) is 10.6. The first-order chi connectivity index (χ1) is 10.2. The molecule has 0 atom stereocenters. The van der Waals surface area contributed by atoms with E-state index in [0.29, 0.717) is 23.5 Å². The predicted molar refractivity (Wildman–Crippen MR) is 80.5 cm³/mol. The summed E-state index contributed by atoms with van der Waals surface area (Å²) in [6.07, 6.45) is 1.20. The molecule has 0 spiro atoms. The molecule has 0 saturated heterocycles. The highest BCUT2D eigenvalue weighted by atomic mass is 16.5. The third-order valence-corrected chi connectivity index (χ3v) is 3.35. The lowest BCUT2D eigenvalue weighted by Crippen LogP contribution is -2.21. The summed E-state index contributed by atoms with van der Waals surface area (Å²) in [6.45, 7) is 3.98. The fourth-order valence-corrected chi connectivity index (χ4v) is 2.23. The number of aromatic nitrogens is 2. The van der Waals surface area contributed by atoms with Crippen molar-refractivity contribution in [3.63, 3.8) is 0 Å². The van der Waals surface area contributed by atoms with Crippen LogP contribution in [0.2, 0.25) is 0 Å². The number of nitrogens with zero attached hydrogens (tertiary/aromatic N) is 1. The van der Waals surface area contributed by atoms with Crippen LogP contribution in [0.5, 0.6) is 5.75 Å². The number of para-hydroxylation sites is 1. The maximum absolute atomic E-state index is 11.9. The SMILES string of the molecule is CCc1ccccc1OCc1nc(C)c(CCO)c(=O)[nH]1. The highest BCUT2D eigenvalue weighted by Gasteiger charge is 2.09. The van der Waals surface area contributed by atoms with Crippen LogP contribution in [-0.2, 0) is 19.4 Å². The Morgan fingerprint density at radius 1 is 1.33 bits per heavy atom. The van der Waals surface area contributed by atoms with Gasteiger partial charge in [-0.05, 0) is 25.0 Å². The molecule has 5 nitrogen and oxygen atoms in total. The minimum absolute atomic E-state index is 0.0642. The van der Waals surface area contributed by atoms with E-state index in [-0.39, 0.29) is 18.8 Å². The number of hydrogen-bond donors (Lipinski definition) is 2. The number of ether oxygens (including phenoxy) is 1. The highest BCUT2D eigenvalue weighted by Crippen LogP contribution is 2.19. The second-order valence-electron chi connectivity index (χ2n) is 4.80. The van der Waals surface area contributed by atoms with E-state index in [0.717, 1.165) is 17.7 Å². The first kappa shape index (κ1) is 15.3. The number of aliphatic hydroxyl groups is 1. The van der Waals surface area contributed by atoms with Crippen LogP contribution in [0, 0.1) is 6.92 Å². The van der Waals surface area contributed by atoms with Crippen molar-refractivity contribution in [1.82, 2.24) is 9.97 Å². The van der Waals surface area contributed by atoms with Crippen LogP contribution in [0.4, 0.5) is 0 Å². The summed E-state index contributed by atoms with van der Waals surface area (Å²) in [5.74, 6) is 1.30. The van der Waals surface area contributed by atoms with Crippen molar-refractivity contribution in [3.8, 4) is 5.75 Å². The van der Waals surface area contributed by atoms with Gasteiger partial charge in [0, 0.05) is 24.3 Å². The molecule has 0 saturated carbocycles. The Morgan fingerprint density at radius 3 is 2.76 bits per heavy atom. The molecule has 0 amide bonds.